The summed E-state index contributed by atoms with van der Waals surface area (Å²) in [6, 6.07) is 15.7. The highest BCUT2D eigenvalue weighted by atomic mass is 16.2. The SMILES string of the molecule is O=C(Nc1ccc2c(c1)C(=O)N1CCC[C@@H]1C(=O)N2)c1ccc(-n2cccc2)cc1. The predicted molar refractivity (Wildman–Crippen MR) is 113 cm³/mol. The van der Waals surface area contributed by atoms with Crippen molar-refractivity contribution >= 4 is 29.1 Å². The molecule has 0 aliphatic carbocycles. The monoisotopic (exact) mass is 400 g/mol. The molecule has 2 aliphatic rings. The van der Waals surface area contributed by atoms with E-state index in [4.69, 9.17) is 0 Å². The first kappa shape index (κ1) is 18.2. The predicted octanol–water partition coefficient (Wildman–Crippen LogP) is 3.29. The summed E-state index contributed by atoms with van der Waals surface area (Å²) in [6.45, 7) is 0.570. The van der Waals surface area contributed by atoms with Crippen molar-refractivity contribution in [1.82, 2.24) is 9.47 Å². The molecule has 7 nitrogen and oxygen atoms in total. The average Bonchev–Trinajstić information content (AvgIpc) is 3.45. The van der Waals surface area contributed by atoms with Crippen molar-refractivity contribution in [2.24, 2.45) is 0 Å². The van der Waals surface area contributed by atoms with E-state index in [0.717, 1.165) is 12.1 Å². The van der Waals surface area contributed by atoms with Crippen LogP contribution in [0.3, 0.4) is 0 Å². The number of rotatable bonds is 3. The number of hydrogen-bond acceptors (Lipinski definition) is 3. The molecule has 1 fully saturated rings. The van der Waals surface area contributed by atoms with Crippen LogP contribution >= 0.6 is 0 Å². The first-order chi connectivity index (χ1) is 14.6. The summed E-state index contributed by atoms with van der Waals surface area (Å²) < 4.78 is 1.96. The van der Waals surface area contributed by atoms with Gasteiger partial charge in [0.15, 0.2) is 0 Å². The number of hydrogen-bond donors (Lipinski definition) is 2. The largest absolute Gasteiger partial charge is 0.327 e. The Morgan fingerprint density at radius 2 is 1.80 bits per heavy atom. The van der Waals surface area contributed by atoms with Gasteiger partial charge >= 0.3 is 0 Å². The number of anilines is 2. The lowest BCUT2D eigenvalue weighted by Crippen LogP contribution is -2.40. The second-order valence-corrected chi connectivity index (χ2v) is 7.50. The number of amides is 3. The summed E-state index contributed by atoms with van der Waals surface area (Å²) in [6.07, 6.45) is 5.36. The van der Waals surface area contributed by atoms with Crippen molar-refractivity contribution < 1.29 is 14.4 Å². The standard InChI is InChI=1S/C23H20N4O3/c28-21(15-5-8-17(9-6-15)26-11-1-2-12-26)24-16-7-10-19-18(14-16)23(30)27-13-3-4-20(27)22(29)25-19/h1-2,5-12,14,20H,3-4,13H2,(H,24,28)(H,25,29)/t20-/m1/s1. The lowest BCUT2D eigenvalue weighted by Gasteiger charge is -2.20. The van der Waals surface area contributed by atoms with Gasteiger partial charge in [-0.1, -0.05) is 0 Å². The highest BCUT2D eigenvalue weighted by molar-refractivity contribution is 6.11. The van der Waals surface area contributed by atoms with Gasteiger partial charge in [0.1, 0.15) is 6.04 Å². The van der Waals surface area contributed by atoms with Gasteiger partial charge in [0.2, 0.25) is 5.91 Å². The van der Waals surface area contributed by atoms with Crippen LogP contribution in [0.5, 0.6) is 0 Å². The fourth-order valence-corrected chi connectivity index (χ4v) is 4.06. The third kappa shape index (κ3) is 3.14. The van der Waals surface area contributed by atoms with Gasteiger partial charge in [-0.3, -0.25) is 14.4 Å². The molecule has 1 aromatic heterocycles. The van der Waals surface area contributed by atoms with E-state index in [1.54, 1.807) is 35.2 Å². The Morgan fingerprint density at radius 3 is 2.57 bits per heavy atom. The van der Waals surface area contributed by atoms with Gasteiger partial charge in [-0.25, -0.2) is 0 Å². The molecular formula is C23H20N4O3. The van der Waals surface area contributed by atoms with Gasteiger partial charge < -0.3 is 20.1 Å². The first-order valence-electron chi connectivity index (χ1n) is 9.91. The third-order valence-electron chi connectivity index (χ3n) is 5.61. The van der Waals surface area contributed by atoms with Gasteiger partial charge in [-0.15, -0.1) is 0 Å². The van der Waals surface area contributed by atoms with Gasteiger partial charge in [-0.2, -0.15) is 0 Å². The van der Waals surface area contributed by atoms with Crippen LogP contribution in [0.15, 0.2) is 67.0 Å². The lowest BCUT2D eigenvalue weighted by molar-refractivity contribution is -0.119. The van der Waals surface area contributed by atoms with Gasteiger partial charge in [0.25, 0.3) is 11.8 Å². The highest BCUT2D eigenvalue weighted by Gasteiger charge is 2.38. The first-order valence-corrected chi connectivity index (χ1v) is 9.91. The molecule has 3 amide bonds. The molecule has 0 unspecified atom stereocenters. The summed E-state index contributed by atoms with van der Waals surface area (Å²) in [5.41, 5.74) is 2.86. The van der Waals surface area contributed by atoms with Crippen LogP contribution < -0.4 is 10.6 Å². The molecule has 0 bridgehead atoms. The molecule has 150 valence electrons. The molecule has 2 N–H and O–H groups in total. The fraction of sp³-hybridized carbons (Fsp3) is 0.174. The number of benzene rings is 2. The van der Waals surface area contributed by atoms with Crippen LogP contribution in [0, 0.1) is 0 Å². The van der Waals surface area contributed by atoms with Crippen molar-refractivity contribution in [3.63, 3.8) is 0 Å². The molecule has 0 spiro atoms. The van der Waals surface area contributed by atoms with Crippen molar-refractivity contribution in [2.45, 2.75) is 18.9 Å². The number of nitrogens with zero attached hydrogens (tertiary/aromatic N) is 2. The van der Waals surface area contributed by atoms with Crippen molar-refractivity contribution in [2.75, 3.05) is 17.2 Å². The highest BCUT2D eigenvalue weighted by Crippen LogP contribution is 2.30. The molecule has 3 aromatic rings. The van der Waals surface area contributed by atoms with Crippen LogP contribution in [0.25, 0.3) is 5.69 Å². The minimum atomic E-state index is -0.415. The van der Waals surface area contributed by atoms with Gasteiger partial charge in [0, 0.05) is 35.9 Å². The lowest BCUT2D eigenvalue weighted by atomic mass is 10.1. The van der Waals surface area contributed by atoms with Crippen molar-refractivity contribution in [3.8, 4) is 5.69 Å². The molecule has 0 saturated carbocycles. The minimum absolute atomic E-state index is 0.154. The summed E-state index contributed by atoms with van der Waals surface area (Å²) in [5.74, 6) is -0.602. The number of carbonyl (C=O) groups excluding carboxylic acids is 3. The second-order valence-electron chi connectivity index (χ2n) is 7.50. The molecule has 30 heavy (non-hydrogen) atoms. The van der Waals surface area contributed by atoms with Crippen molar-refractivity contribution in [1.29, 1.82) is 0 Å². The number of carbonyl (C=O) groups is 3. The Balaban J connectivity index is 1.37. The average molecular weight is 400 g/mol. The molecule has 2 aliphatic heterocycles. The molecule has 0 radical (unpaired) electrons. The maximum atomic E-state index is 12.9. The van der Waals surface area contributed by atoms with E-state index >= 15 is 0 Å². The number of aromatic nitrogens is 1. The summed E-state index contributed by atoms with van der Waals surface area (Å²) in [4.78, 5) is 39.6. The number of nitrogens with one attached hydrogen (secondary N) is 2. The molecule has 1 saturated heterocycles. The van der Waals surface area contributed by atoms with E-state index in [-0.39, 0.29) is 17.7 Å². The Hall–Kier alpha value is -3.87. The summed E-state index contributed by atoms with van der Waals surface area (Å²) in [7, 11) is 0. The van der Waals surface area contributed by atoms with E-state index in [1.807, 2.05) is 41.2 Å². The van der Waals surface area contributed by atoms with Gasteiger partial charge in [0.05, 0.1) is 11.3 Å². The Labute approximate surface area is 173 Å². The zero-order valence-electron chi connectivity index (χ0n) is 16.2. The molecule has 3 heterocycles. The fourth-order valence-electron chi connectivity index (χ4n) is 4.06. The molecule has 2 aromatic carbocycles. The van der Waals surface area contributed by atoms with Crippen LogP contribution in [0.1, 0.15) is 33.6 Å². The van der Waals surface area contributed by atoms with E-state index in [1.165, 1.54) is 0 Å². The quantitative estimate of drug-likeness (QED) is 0.708. The smallest absolute Gasteiger partial charge is 0.256 e. The van der Waals surface area contributed by atoms with Crippen LogP contribution in [0.4, 0.5) is 11.4 Å². The van der Waals surface area contributed by atoms with E-state index in [2.05, 4.69) is 10.6 Å². The van der Waals surface area contributed by atoms with E-state index in [0.29, 0.717) is 35.5 Å². The Morgan fingerprint density at radius 1 is 1.03 bits per heavy atom. The zero-order valence-corrected chi connectivity index (χ0v) is 16.2. The maximum absolute atomic E-state index is 12.9. The van der Waals surface area contributed by atoms with E-state index < -0.39 is 6.04 Å². The Kier molecular flexibility index (Phi) is 4.35. The van der Waals surface area contributed by atoms with Crippen molar-refractivity contribution in [3.05, 3.63) is 78.1 Å². The van der Waals surface area contributed by atoms with E-state index in [9.17, 15) is 14.4 Å². The van der Waals surface area contributed by atoms with Crippen LogP contribution in [-0.2, 0) is 4.79 Å². The maximum Gasteiger partial charge on any atom is 0.256 e. The minimum Gasteiger partial charge on any atom is -0.327 e. The second kappa shape index (κ2) is 7.18. The molecular weight excluding hydrogens is 380 g/mol. The third-order valence-corrected chi connectivity index (χ3v) is 5.61. The molecule has 1 atom stereocenters. The Bertz CT molecular complexity index is 1140. The van der Waals surface area contributed by atoms with Gasteiger partial charge in [-0.05, 0) is 67.4 Å². The van der Waals surface area contributed by atoms with Crippen LogP contribution in [0.2, 0.25) is 0 Å². The number of fused-ring (bicyclic) bond motifs is 2. The topological polar surface area (TPSA) is 83.4 Å². The summed E-state index contributed by atoms with van der Waals surface area (Å²) >= 11 is 0. The zero-order chi connectivity index (χ0) is 20.7. The summed E-state index contributed by atoms with van der Waals surface area (Å²) in [5, 5.41) is 5.68. The van der Waals surface area contributed by atoms with Crippen LogP contribution in [-0.4, -0.2) is 39.8 Å². The molecule has 7 heteroatoms. The molecule has 5 rings (SSSR count). The normalized spacial score (nSPS) is 17.7.